The number of methoxy groups -OCH3 is 3. The normalized spacial score (nSPS) is 13.2. The lowest BCUT2D eigenvalue weighted by Gasteiger charge is -2.34. The van der Waals surface area contributed by atoms with Gasteiger partial charge in [0.05, 0.1) is 107 Å². The number of aryl methyl sites for hydroxylation is 1. The zero-order chi connectivity index (χ0) is 100. The van der Waals surface area contributed by atoms with Crippen molar-refractivity contribution in [2.75, 3.05) is 174 Å². The zero-order valence-electron chi connectivity index (χ0n) is 77.9. The summed E-state index contributed by atoms with van der Waals surface area (Å²) in [5.74, 6) is 3.15. The number of rotatable bonds is 29. The smallest absolute Gasteiger partial charge is 0.296 e. The number of sulfone groups is 1. The minimum absolute atomic E-state index is 0.0137. The average Bonchev–Trinajstić information content (AvgIpc) is 0.795. The number of ether oxygens (including phenoxy) is 3. The molecule has 46 heteroatoms. The van der Waals surface area contributed by atoms with Crippen LogP contribution in [0.25, 0.3) is 0 Å². The topological polar surface area (TPSA) is 493 Å². The van der Waals surface area contributed by atoms with Crippen LogP contribution in [-0.4, -0.2) is 220 Å². The number of hydrogen-bond acceptors (Lipinski definition) is 33. The Labute approximate surface area is 817 Å². The first-order chi connectivity index (χ1) is 64.7. The van der Waals surface area contributed by atoms with Crippen LogP contribution in [0.15, 0.2) is 199 Å². The van der Waals surface area contributed by atoms with E-state index in [0.717, 1.165) is 67.1 Å². The van der Waals surface area contributed by atoms with Crippen molar-refractivity contribution in [2.45, 2.75) is 56.1 Å². The monoisotopic (exact) mass is 2060 g/mol. The SMILES string of the molecule is CCCN.COc1cc(N2CCN(C)CC2)ccc1Nc1ncc(Cl)c(Nc2ccncc2P(C)(C)=O)n1.COc1cc(P(C)(C)=O)ccc1Nc1ncc(Cl)c(Nc2ccccc2C(N)=O)n1.COc1cc(P2(=O)CCN(C(C)=O)CC2)ccc1Nc1ncc(Cl)c(Nc2ccccc2S(=O)(=O)C(C)C)n1.Cc1cc(P(C)(C)=O)ccc1Nc1ncc(Cl)c(Nc2ccccc2S(=O)(=O)O)n1. The molecule has 7 heterocycles. The van der Waals surface area contributed by atoms with Gasteiger partial charge >= 0.3 is 0 Å². The fourth-order valence-corrected chi connectivity index (χ4v) is 21.2. The van der Waals surface area contributed by atoms with Crippen molar-refractivity contribution in [2.24, 2.45) is 11.5 Å². The zero-order valence-corrected chi connectivity index (χ0v) is 86.2. The highest BCUT2D eigenvalue weighted by molar-refractivity contribution is 7.92. The van der Waals surface area contributed by atoms with Gasteiger partial charge in [-0.3, -0.25) is 19.1 Å². The molecule has 0 bridgehead atoms. The predicted octanol–water partition coefficient (Wildman–Crippen LogP) is 17.4. The number of nitrogens with one attached hydrogen (secondary N) is 8. The number of likely N-dealkylation sites (N-methyl/N-ethyl adjacent to an activating group) is 1. The summed E-state index contributed by atoms with van der Waals surface area (Å²) in [6.07, 6.45) is 10.9. The Morgan fingerprint density at radius 1 is 0.504 bits per heavy atom. The molecule has 36 nitrogen and oxygen atoms in total. The standard InChI is InChI=1S/C26H31ClN5O5PS.C23H29ClN7O2P.C20H21ClN5O3P.C19H20ClN4O4PS.C3H9N/c1-17(2)39(35,36)24-8-6-5-7-22(24)29-25-20(27)16-28-26(31-25)30-21-10-9-19(15-23(21)37-4)38(34)13-11-32(12-14-38)18(3)33;1-30-9-11-31(12-10-30)16-5-6-18(20(13-16)33-2)28-23-26-14-17(24)22(29-23)27-19-7-8-25-15-21(19)34(3,4)32;1-29-17-10-12(30(2,3)28)8-9-16(17)25-20-23-11-14(21)19(26-20)24-15-7-5-4-6-13(15)18(22)27;1-12-10-13(29(2,3)25)8-9-15(12)23-19-21-11-14(20)18(24-19)22-16-6-4-5-7-17(16)30(26,27)28;1-2-3-4/h5-10,15-17H,11-14H2,1-4H3,(H2,28,29,30,31);5-8,13-15H,9-12H2,1-4H3,(H2,25,26,27,28,29);4-11H,1-3H3,(H2,22,27)(H2,23,24,25,26);4-11H,1-3H3,(H,26,27,28)(H2,21,22,23,24);2-4H2,1H3. The van der Waals surface area contributed by atoms with Crippen LogP contribution in [-0.2, 0) is 43.0 Å². The highest BCUT2D eigenvalue weighted by atomic mass is 35.5. The number of amides is 2. The Kier molecular flexibility index (Phi) is 37.4. The molecular formula is C91H110Cl4N22O14P4S2. The Balaban J connectivity index is 0.000000187. The number of halogens is 4. The molecule has 0 aliphatic carbocycles. The molecule has 2 aliphatic rings. The van der Waals surface area contributed by atoms with Crippen molar-refractivity contribution < 1.29 is 63.4 Å². The largest absolute Gasteiger partial charge is 0.495 e. The number of anilines is 17. The minimum Gasteiger partial charge on any atom is -0.495 e. The number of primary amides is 1. The summed E-state index contributed by atoms with van der Waals surface area (Å²) in [7, 11) is -11.2. The third kappa shape index (κ3) is 29.5. The summed E-state index contributed by atoms with van der Waals surface area (Å²) in [5.41, 5.74) is 16.9. The number of para-hydroxylation sites is 3. The van der Waals surface area contributed by atoms with E-state index in [1.165, 1.54) is 70.2 Å². The summed E-state index contributed by atoms with van der Waals surface area (Å²) in [4.78, 5) is 68.2. The second-order valence-electron chi connectivity index (χ2n) is 32.6. The predicted molar refractivity (Wildman–Crippen MR) is 554 cm³/mol. The lowest BCUT2D eigenvalue weighted by molar-refractivity contribution is -0.128. The van der Waals surface area contributed by atoms with Crippen LogP contribution >= 0.6 is 75.0 Å². The van der Waals surface area contributed by atoms with E-state index < -0.39 is 59.7 Å². The second kappa shape index (κ2) is 47.6. The van der Waals surface area contributed by atoms with Crippen LogP contribution in [0.2, 0.25) is 20.1 Å². The van der Waals surface area contributed by atoms with E-state index in [1.54, 1.807) is 181 Å². The molecule has 137 heavy (non-hydrogen) atoms. The van der Waals surface area contributed by atoms with Crippen molar-refractivity contribution in [1.29, 1.82) is 0 Å². The number of aromatic nitrogens is 9. The van der Waals surface area contributed by atoms with Gasteiger partial charge in [0, 0.05) is 104 Å². The van der Waals surface area contributed by atoms with Crippen molar-refractivity contribution in [3.05, 3.63) is 220 Å². The van der Waals surface area contributed by atoms with Gasteiger partial charge in [-0.15, -0.1) is 0 Å². The van der Waals surface area contributed by atoms with Gasteiger partial charge in [0.25, 0.3) is 16.0 Å². The van der Waals surface area contributed by atoms with Crippen LogP contribution in [0, 0.1) is 6.92 Å². The molecule has 0 unspecified atom stereocenters. The van der Waals surface area contributed by atoms with Gasteiger partial charge in [-0.2, -0.15) is 28.4 Å². The van der Waals surface area contributed by atoms with Crippen LogP contribution in [0.3, 0.4) is 0 Å². The summed E-state index contributed by atoms with van der Waals surface area (Å²) in [5, 5.41) is 27.6. The lowest BCUT2D eigenvalue weighted by Crippen LogP contribution is -2.44. The van der Waals surface area contributed by atoms with Crippen molar-refractivity contribution >= 4 is 226 Å². The van der Waals surface area contributed by atoms with E-state index >= 15 is 0 Å². The summed E-state index contributed by atoms with van der Waals surface area (Å²) < 4.78 is 126. The first-order valence-corrected chi connectivity index (χ1v) is 56.9. The van der Waals surface area contributed by atoms with E-state index in [2.05, 4.69) is 117 Å². The maximum Gasteiger partial charge on any atom is 0.296 e. The molecule has 7 aromatic carbocycles. The first kappa shape index (κ1) is 107. The quantitative estimate of drug-likeness (QED) is 0.0153. The molecule has 0 saturated carbocycles. The van der Waals surface area contributed by atoms with E-state index in [4.69, 9.17) is 72.1 Å². The van der Waals surface area contributed by atoms with Crippen molar-refractivity contribution in [3.8, 4) is 17.2 Å². The summed E-state index contributed by atoms with van der Waals surface area (Å²) >= 11 is 25.1. The van der Waals surface area contributed by atoms with Gasteiger partial charge in [0.1, 0.15) is 70.8 Å². The highest BCUT2D eigenvalue weighted by Gasteiger charge is 2.33. The Morgan fingerprint density at radius 3 is 1.34 bits per heavy atom. The molecule has 728 valence electrons. The first-order valence-electron chi connectivity index (χ1n) is 42.5. The number of hydrogen-bond donors (Lipinski definition) is 11. The number of benzene rings is 7. The highest BCUT2D eigenvalue weighted by Crippen LogP contribution is 2.49. The summed E-state index contributed by atoms with van der Waals surface area (Å²) in [6.45, 7) is 24.6. The minimum atomic E-state index is -4.43. The van der Waals surface area contributed by atoms with E-state index in [0.29, 0.717) is 115 Å². The molecule has 0 atom stereocenters. The number of carbonyl (C=O) groups excluding carboxylic acids is 2. The molecular weight excluding hydrogens is 1950 g/mol. The fraction of sp³-hybridized carbons (Fsp3) is 0.286. The average molecular weight is 2070 g/mol. The number of pyridine rings is 1. The van der Waals surface area contributed by atoms with Gasteiger partial charge in [0.15, 0.2) is 33.1 Å². The van der Waals surface area contributed by atoms with Crippen LogP contribution < -0.4 is 94.3 Å². The Hall–Kier alpha value is -11.6. The van der Waals surface area contributed by atoms with Crippen LogP contribution in [0.4, 0.5) is 98.3 Å². The molecule has 5 aromatic heterocycles. The molecule has 2 amide bonds. The van der Waals surface area contributed by atoms with E-state index in [-0.39, 0.29) is 65.9 Å². The molecule has 2 aliphatic heterocycles. The lowest BCUT2D eigenvalue weighted by atomic mass is 10.1. The maximum absolute atomic E-state index is 13.6. The molecule has 0 spiro atoms. The van der Waals surface area contributed by atoms with Gasteiger partial charge in [-0.25, -0.2) is 28.4 Å². The molecule has 14 rings (SSSR count). The maximum atomic E-state index is 13.6. The molecule has 2 fully saturated rings. The van der Waals surface area contributed by atoms with E-state index in [9.17, 15) is 49.2 Å². The fourth-order valence-electron chi connectivity index (χ4n) is 13.3. The van der Waals surface area contributed by atoms with Crippen molar-refractivity contribution in [3.63, 3.8) is 0 Å². The molecule has 13 N–H and O–H groups in total. The van der Waals surface area contributed by atoms with Crippen LogP contribution in [0.5, 0.6) is 17.2 Å². The Bertz CT molecular complexity index is 6790. The van der Waals surface area contributed by atoms with Gasteiger partial charge in [-0.1, -0.05) is 89.7 Å². The Morgan fingerprint density at radius 2 is 0.905 bits per heavy atom. The van der Waals surface area contributed by atoms with Gasteiger partial charge in [0.2, 0.25) is 29.7 Å². The van der Waals surface area contributed by atoms with Crippen LogP contribution in [0.1, 0.15) is 50.0 Å². The third-order valence-corrected chi connectivity index (χ3v) is 32.9. The molecule has 2 saturated heterocycles. The number of nitrogens with zero attached hydrogens (tertiary/aromatic N) is 12. The third-order valence-electron chi connectivity index (χ3n) is 21.1. The molecule has 0 radical (unpaired) electrons. The van der Waals surface area contributed by atoms with Crippen molar-refractivity contribution in [1.82, 2.24) is 54.7 Å². The number of piperazine rings is 1. The second-order valence-corrected chi connectivity index (χ2v) is 50.9. The number of nitrogens with two attached hydrogens (primary N) is 2. The van der Waals surface area contributed by atoms with Gasteiger partial charge in [-0.05, 0) is 196 Å². The number of carbonyl (C=O) groups is 2. The summed E-state index contributed by atoms with van der Waals surface area (Å²) in [6, 6.07) is 42.9. The molecule has 12 aromatic rings. The van der Waals surface area contributed by atoms with Gasteiger partial charge < -0.3 is 101 Å². The van der Waals surface area contributed by atoms with E-state index in [1.807, 2.05) is 25.1 Å².